The maximum Gasteiger partial charge on any atom is 0.503 e. The van der Waals surface area contributed by atoms with Crippen LogP contribution in [-0.2, 0) is 14.6 Å². The van der Waals surface area contributed by atoms with Crippen LogP contribution in [0.3, 0.4) is 0 Å². The zero-order valence-corrected chi connectivity index (χ0v) is 14.8. The molecule has 0 spiro atoms. The van der Waals surface area contributed by atoms with Gasteiger partial charge in [0.05, 0.1) is 17.0 Å². The Labute approximate surface area is 155 Å². The van der Waals surface area contributed by atoms with Gasteiger partial charge >= 0.3 is 5.51 Å². The third-order valence-electron chi connectivity index (χ3n) is 3.45. The number of hydrogen-bond donors (Lipinski definition) is 2. The SMILES string of the molecule is O=C1CSc2ccc(NC(=O)c3cccnc3S(=O)(=O)C(F)(F)F)cc2N1. The minimum atomic E-state index is -5.80. The van der Waals surface area contributed by atoms with E-state index in [0.29, 0.717) is 5.69 Å². The van der Waals surface area contributed by atoms with Gasteiger partial charge in [-0.1, -0.05) is 0 Å². The Bertz CT molecular complexity index is 1040. The minimum Gasteiger partial charge on any atom is -0.324 e. The molecule has 0 fully saturated rings. The highest BCUT2D eigenvalue weighted by Crippen LogP contribution is 2.34. The van der Waals surface area contributed by atoms with Crippen molar-refractivity contribution in [3.63, 3.8) is 0 Å². The summed E-state index contributed by atoms with van der Waals surface area (Å²) in [6.45, 7) is 0. The highest BCUT2D eigenvalue weighted by Gasteiger charge is 2.49. The lowest BCUT2D eigenvalue weighted by Gasteiger charge is -2.17. The van der Waals surface area contributed by atoms with Crippen LogP contribution in [0.15, 0.2) is 46.5 Å². The number of rotatable bonds is 3. The fourth-order valence-electron chi connectivity index (χ4n) is 2.25. The van der Waals surface area contributed by atoms with Crippen LogP contribution in [-0.4, -0.2) is 36.5 Å². The fraction of sp³-hybridized carbons (Fsp3) is 0.133. The number of halogens is 3. The standard InChI is InChI=1S/C15H10F3N3O4S2/c16-15(17,18)27(24,25)14-9(2-1-5-19-14)13(23)20-8-3-4-11-10(6-8)21-12(22)7-26-11/h1-6H,7H2,(H,20,23)(H,21,22). The zero-order chi connectivity index (χ0) is 19.8. The van der Waals surface area contributed by atoms with Gasteiger partial charge in [-0.05, 0) is 30.3 Å². The summed E-state index contributed by atoms with van der Waals surface area (Å²) in [7, 11) is -5.80. The van der Waals surface area contributed by atoms with Gasteiger partial charge in [0, 0.05) is 16.8 Å². The van der Waals surface area contributed by atoms with Crippen molar-refractivity contribution in [3.05, 3.63) is 42.1 Å². The normalized spacial score (nSPS) is 14.3. The molecule has 0 unspecified atom stereocenters. The maximum atomic E-state index is 12.8. The van der Waals surface area contributed by atoms with Crippen molar-refractivity contribution >= 4 is 44.8 Å². The van der Waals surface area contributed by atoms with Crippen molar-refractivity contribution in [2.24, 2.45) is 0 Å². The van der Waals surface area contributed by atoms with E-state index in [2.05, 4.69) is 15.6 Å². The quantitative estimate of drug-likeness (QED) is 0.796. The summed E-state index contributed by atoms with van der Waals surface area (Å²) >= 11 is 1.29. The number of benzene rings is 1. The summed E-state index contributed by atoms with van der Waals surface area (Å²) in [6.07, 6.45) is 0.848. The molecule has 1 aromatic carbocycles. The molecule has 0 atom stereocenters. The zero-order valence-electron chi connectivity index (χ0n) is 13.2. The number of anilines is 2. The van der Waals surface area contributed by atoms with Gasteiger partial charge in [0.1, 0.15) is 0 Å². The van der Waals surface area contributed by atoms with Crippen LogP contribution in [0.1, 0.15) is 10.4 Å². The Kier molecular flexibility index (Phi) is 4.86. The Morgan fingerprint density at radius 3 is 2.70 bits per heavy atom. The highest BCUT2D eigenvalue weighted by molar-refractivity contribution is 8.00. The Balaban J connectivity index is 1.93. The van der Waals surface area contributed by atoms with Crippen LogP contribution in [0.5, 0.6) is 0 Å². The summed E-state index contributed by atoms with van der Waals surface area (Å²) < 4.78 is 61.7. The average Bonchev–Trinajstić information content (AvgIpc) is 2.60. The second-order valence-corrected chi connectivity index (χ2v) is 8.18. The molecular formula is C15H10F3N3O4S2. The predicted octanol–water partition coefficient (Wildman–Crippen LogP) is 2.67. The fourth-order valence-corrected chi connectivity index (χ4v) is 3.90. The molecule has 1 aromatic heterocycles. The molecule has 12 heteroatoms. The lowest BCUT2D eigenvalue weighted by molar-refractivity contribution is -0.113. The number of alkyl halides is 3. The number of carbonyl (C=O) groups is 2. The molecule has 1 aliphatic rings. The van der Waals surface area contributed by atoms with E-state index in [-0.39, 0.29) is 17.3 Å². The van der Waals surface area contributed by atoms with Gasteiger partial charge in [0.15, 0.2) is 5.03 Å². The van der Waals surface area contributed by atoms with Gasteiger partial charge < -0.3 is 10.6 Å². The van der Waals surface area contributed by atoms with Crippen LogP contribution in [0.25, 0.3) is 0 Å². The van der Waals surface area contributed by atoms with E-state index in [9.17, 15) is 31.2 Å². The van der Waals surface area contributed by atoms with Gasteiger partial charge in [-0.25, -0.2) is 13.4 Å². The first-order valence-corrected chi connectivity index (χ1v) is 9.71. The Morgan fingerprint density at radius 2 is 2.00 bits per heavy atom. The number of nitrogens with zero attached hydrogens (tertiary/aromatic N) is 1. The average molecular weight is 417 g/mol. The van der Waals surface area contributed by atoms with Crippen molar-refractivity contribution in [2.45, 2.75) is 15.4 Å². The number of pyridine rings is 1. The first-order valence-electron chi connectivity index (χ1n) is 7.24. The van der Waals surface area contributed by atoms with Gasteiger partial charge in [-0.15, -0.1) is 11.8 Å². The second kappa shape index (κ2) is 6.85. The molecular weight excluding hydrogens is 407 g/mol. The first-order chi connectivity index (χ1) is 12.6. The maximum absolute atomic E-state index is 12.8. The van der Waals surface area contributed by atoms with E-state index < -0.39 is 31.8 Å². The molecule has 3 rings (SSSR count). The van der Waals surface area contributed by atoms with Gasteiger partial charge in [0.25, 0.3) is 15.7 Å². The molecule has 142 valence electrons. The molecule has 0 radical (unpaired) electrons. The molecule has 0 aliphatic carbocycles. The number of fused-ring (bicyclic) bond motifs is 1. The van der Waals surface area contributed by atoms with E-state index in [1.807, 2.05) is 0 Å². The number of amides is 2. The summed E-state index contributed by atoms with van der Waals surface area (Å²) in [5.74, 6) is -1.07. The molecule has 2 amide bonds. The number of carbonyl (C=O) groups excluding carboxylic acids is 2. The summed E-state index contributed by atoms with van der Waals surface area (Å²) in [6, 6.07) is 6.60. The van der Waals surface area contributed by atoms with Crippen LogP contribution in [0, 0.1) is 0 Å². The molecule has 1 aliphatic heterocycles. The van der Waals surface area contributed by atoms with Crippen molar-refractivity contribution in [3.8, 4) is 0 Å². The summed E-state index contributed by atoms with van der Waals surface area (Å²) in [5, 5.41) is 3.54. The summed E-state index contributed by atoms with van der Waals surface area (Å²) in [5.41, 5.74) is -5.74. The van der Waals surface area contributed by atoms with Crippen LogP contribution in [0.4, 0.5) is 24.5 Å². The third kappa shape index (κ3) is 3.76. The van der Waals surface area contributed by atoms with E-state index in [1.54, 1.807) is 6.07 Å². The van der Waals surface area contributed by atoms with Gasteiger partial charge in [-0.3, -0.25) is 9.59 Å². The smallest absolute Gasteiger partial charge is 0.324 e. The molecule has 0 saturated heterocycles. The Hall–Kier alpha value is -2.60. The monoisotopic (exact) mass is 417 g/mol. The number of hydrogen-bond acceptors (Lipinski definition) is 6. The molecule has 7 nitrogen and oxygen atoms in total. The number of sulfone groups is 1. The second-order valence-electron chi connectivity index (χ2n) is 5.31. The van der Waals surface area contributed by atoms with Gasteiger partial charge in [0.2, 0.25) is 5.91 Å². The first kappa shape index (κ1) is 19.2. The van der Waals surface area contributed by atoms with Crippen molar-refractivity contribution in [1.29, 1.82) is 0 Å². The number of thioether (sulfide) groups is 1. The van der Waals surface area contributed by atoms with E-state index in [0.717, 1.165) is 23.2 Å². The van der Waals surface area contributed by atoms with Crippen LogP contribution >= 0.6 is 11.8 Å². The number of nitrogens with one attached hydrogen (secondary N) is 2. The van der Waals surface area contributed by atoms with Crippen LogP contribution < -0.4 is 10.6 Å². The third-order valence-corrected chi connectivity index (χ3v) is 5.96. The van der Waals surface area contributed by atoms with E-state index in [1.165, 1.54) is 23.9 Å². The lowest BCUT2D eigenvalue weighted by Crippen LogP contribution is -2.27. The molecule has 0 saturated carbocycles. The van der Waals surface area contributed by atoms with Crippen molar-refractivity contribution in [1.82, 2.24) is 4.98 Å². The van der Waals surface area contributed by atoms with E-state index in [4.69, 9.17) is 0 Å². The van der Waals surface area contributed by atoms with Crippen LogP contribution in [0.2, 0.25) is 0 Å². The topological polar surface area (TPSA) is 105 Å². The lowest BCUT2D eigenvalue weighted by atomic mass is 10.2. The largest absolute Gasteiger partial charge is 0.503 e. The predicted molar refractivity (Wildman–Crippen MR) is 91.2 cm³/mol. The molecule has 2 N–H and O–H groups in total. The highest BCUT2D eigenvalue weighted by atomic mass is 32.2. The van der Waals surface area contributed by atoms with E-state index >= 15 is 0 Å². The van der Waals surface area contributed by atoms with Gasteiger partial charge in [-0.2, -0.15) is 13.2 Å². The Morgan fingerprint density at radius 1 is 1.26 bits per heavy atom. The van der Waals surface area contributed by atoms with Crippen molar-refractivity contribution < 1.29 is 31.2 Å². The number of aromatic nitrogens is 1. The summed E-state index contributed by atoms with van der Waals surface area (Å²) in [4.78, 5) is 27.8. The molecule has 2 heterocycles. The molecule has 0 bridgehead atoms. The molecule has 27 heavy (non-hydrogen) atoms. The minimum absolute atomic E-state index is 0.167. The molecule has 2 aromatic rings. The van der Waals surface area contributed by atoms with Crippen molar-refractivity contribution in [2.75, 3.05) is 16.4 Å².